The Hall–Kier alpha value is -2.15. The Bertz CT molecular complexity index is 812. The third kappa shape index (κ3) is 2.96. The molecule has 0 radical (unpaired) electrons. The van der Waals surface area contributed by atoms with Crippen LogP contribution in [0.3, 0.4) is 0 Å². The van der Waals surface area contributed by atoms with Crippen molar-refractivity contribution in [2.24, 2.45) is 10.8 Å². The van der Waals surface area contributed by atoms with E-state index in [4.69, 9.17) is 0 Å². The molecular formula is C23H28N+. The van der Waals surface area contributed by atoms with Crippen LogP contribution in [0.15, 0.2) is 82.7 Å². The van der Waals surface area contributed by atoms with Gasteiger partial charge in [0, 0.05) is 28.1 Å². The Morgan fingerprint density at radius 3 is 2.21 bits per heavy atom. The smallest absolute Gasteiger partial charge is 0.201 e. The van der Waals surface area contributed by atoms with Gasteiger partial charge in [-0.25, -0.2) is 4.58 Å². The molecule has 0 N–H and O–H groups in total. The minimum atomic E-state index is 0.0114. The summed E-state index contributed by atoms with van der Waals surface area (Å²) in [7, 11) is 2.15. The predicted molar refractivity (Wildman–Crippen MR) is 104 cm³/mol. The van der Waals surface area contributed by atoms with Gasteiger partial charge >= 0.3 is 0 Å². The predicted octanol–water partition coefficient (Wildman–Crippen LogP) is 5.51. The summed E-state index contributed by atoms with van der Waals surface area (Å²) in [5.41, 5.74) is 6.64. The Morgan fingerprint density at radius 2 is 1.50 bits per heavy atom. The van der Waals surface area contributed by atoms with Crippen molar-refractivity contribution < 1.29 is 4.58 Å². The number of nitrogens with zero attached hydrogens (tertiary/aromatic N) is 1. The molecule has 0 amide bonds. The van der Waals surface area contributed by atoms with Crippen LogP contribution in [0.4, 0.5) is 0 Å². The van der Waals surface area contributed by atoms with Gasteiger partial charge in [-0.3, -0.25) is 0 Å². The van der Waals surface area contributed by atoms with Gasteiger partial charge in [0.25, 0.3) is 0 Å². The summed E-state index contributed by atoms with van der Waals surface area (Å²) >= 11 is 0. The molecule has 124 valence electrons. The average molecular weight is 318 g/mol. The second-order valence-corrected chi connectivity index (χ2v) is 8.11. The molecule has 0 unspecified atom stereocenters. The summed E-state index contributed by atoms with van der Waals surface area (Å²) in [6, 6.07) is 0. The zero-order valence-corrected chi connectivity index (χ0v) is 15.7. The normalized spacial score (nSPS) is 24.4. The molecule has 1 heterocycles. The van der Waals surface area contributed by atoms with Gasteiger partial charge in [0.15, 0.2) is 6.21 Å². The number of allylic oxidation sites excluding steroid dienone is 12. The van der Waals surface area contributed by atoms with Crippen LogP contribution in [0.25, 0.3) is 0 Å². The topological polar surface area (TPSA) is 3.01 Å². The standard InChI is InChI=1S/C23H28N/c1-17-11-13-22(2,3)14-12-20(17)21-15-18-9-7-8-10-19(16-24(21)6)23(18,4)5/h7-16H,1-6H3/q+1. The first-order valence-corrected chi connectivity index (χ1v) is 8.69. The van der Waals surface area contributed by atoms with Crippen molar-refractivity contribution in [1.82, 2.24) is 0 Å². The fraction of sp³-hybridized carbons (Fsp3) is 0.348. The molecule has 1 heteroatoms. The first kappa shape index (κ1) is 16.7. The van der Waals surface area contributed by atoms with Gasteiger partial charge in [-0.2, -0.15) is 0 Å². The maximum Gasteiger partial charge on any atom is 0.212 e. The highest BCUT2D eigenvalue weighted by Crippen LogP contribution is 2.40. The first-order valence-electron chi connectivity index (χ1n) is 8.69. The van der Waals surface area contributed by atoms with E-state index in [2.05, 4.69) is 107 Å². The van der Waals surface area contributed by atoms with Crippen LogP contribution in [-0.2, 0) is 0 Å². The Kier molecular flexibility index (Phi) is 3.99. The number of rotatable bonds is 1. The van der Waals surface area contributed by atoms with Crippen LogP contribution in [0.1, 0.15) is 34.6 Å². The minimum Gasteiger partial charge on any atom is -0.201 e. The van der Waals surface area contributed by atoms with E-state index in [-0.39, 0.29) is 10.8 Å². The van der Waals surface area contributed by atoms with Crippen LogP contribution in [0.5, 0.6) is 0 Å². The van der Waals surface area contributed by atoms with Gasteiger partial charge in [0.05, 0.1) is 0 Å². The van der Waals surface area contributed by atoms with Crippen LogP contribution < -0.4 is 0 Å². The molecule has 3 aliphatic rings. The van der Waals surface area contributed by atoms with E-state index in [1.165, 1.54) is 28.0 Å². The lowest BCUT2D eigenvalue weighted by Crippen LogP contribution is -2.18. The highest BCUT2D eigenvalue weighted by atomic mass is 15.0. The highest BCUT2D eigenvalue weighted by molar-refractivity contribution is 5.80. The molecule has 2 aliphatic carbocycles. The lowest BCUT2D eigenvalue weighted by atomic mass is 9.77. The van der Waals surface area contributed by atoms with Crippen LogP contribution in [-0.4, -0.2) is 17.8 Å². The van der Waals surface area contributed by atoms with Crippen LogP contribution >= 0.6 is 0 Å². The Labute approximate surface area is 146 Å². The molecule has 0 aromatic heterocycles. The second kappa shape index (κ2) is 5.73. The number of likely N-dealkylation sites (N-methyl/N-ethyl adjacent to an activating group) is 1. The summed E-state index contributed by atoms with van der Waals surface area (Å²) in [5, 5.41) is 0. The van der Waals surface area contributed by atoms with Crippen molar-refractivity contribution in [3.63, 3.8) is 0 Å². The van der Waals surface area contributed by atoms with E-state index in [0.29, 0.717) is 0 Å². The van der Waals surface area contributed by atoms with Gasteiger partial charge in [-0.05, 0) is 18.1 Å². The zero-order valence-electron chi connectivity index (χ0n) is 15.7. The average Bonchev–Trinajstić information content (AvgIpc) is 2.76. The van der Waals surface area contributed by atoms with Crippen LogP contribution in [0.2, 0.25) is 0 Å². The summed E-state index contributed by atoms with van der Waals surface area (Å²) in [6.45, 7) is 11.3. The summed E-state index contributed by atoms with van der Waals surface area (Å²) < 4.78 is 2.27. The lowest BCUT2D eigenvalue weighted by Gasteiger charge is -2.23. The van der Waals surface area contributed by atoms with E-state index < -0.39 is 0 Å². The van der Waals surface area contributed by atoms with Crippen LogP contribution in [0, 0.1) is 10.8 Å². The maximum atomic E-state index is 2.35. The molecule has 0 aromatic rings. The third-order valence-corrected chi connectivity index (χ3v) is 5.25. The molecule has 0 spiro atoms. The first-order chi connectivity index (χ1) is 11.2. The molecule has 2 bridgehead atoms. The van der Waals surface area contributed by atoms with E-state index in [9.17, 15) is 0 Å². The Balaban J connectivity index is 2.21. The molecule has 1 aliphatic heterocycles. The summed E-state index contributed by atoms with van der Waals surface area (Å²) in [5.74, 6) is 0. The van der Waals surface area contributed by atoms with Crippen molar-refractivity contribution >= 4 is 6.21 Å². The van der Waals surface area contributed by atoms with E-state index in [1.807, 2.05) is 0 Å². The molecule has 3 rings (SSSR count). The maximum absolute atomic E-state index is 2.35. The molecule has 24 heavy (non-hydrogen) atoms. The third-order valence-electron chi connectivity index (χ3n) is 5.25. The van der Waals surface area contributed by atoms with Crippen molar-refractivity contribution in [3.8, 4) is 0 Å². The number of fused-ring (bicyclic) bond motifs is 2. The largest absolute Gasteiger partial charge is 0.212 e. The van der Waals surface area contributed by atoms with Gasteiger partial charge in [-0.1, -0.05) is 76.3 Å². The van der Waals surface area contributed by atoms with E-state index in [0.717, 1.165) is 0 Å². The van der Waals surface area contributed by atoms with Crippen molar-refractivity contribution in [2.75, 3.05) is 7.05 Å². The van der Waals surface area contributed by atoms with E-state index >= 15 is 0 Å². The summed E-state index contributed by atoms with van der Waals surface area (Å²) in [4.78, 5) is 0. The highest BCUT2D eigenvalue weighted by Gasteiger charge is 2.33. The molecule has 0 aromatic carbocycles. The minimum absolute atomic E-state index is 0.0114. The molecular weight excluding hydrogens is 290 g/mol. The second-order valence-electron chi connectivity index (χ2n) is 8.11. The van der Waals surface area contributed by atoms with Crippen molar-refractivity contribution in [3.05, 3.63) is 82.7 Å². The molecule has 0 saturated heterocycles. The quantitative estimate of drug-likeness (QED) is 0.560. The molecule has 0 saturated carbocycles. The lowest BCUT2D eigenvalue weighted by molar-refractivity contribution is -0.433. The SMILES string of the molecule is CC1=C(C2=CC3=CC=CC=C(C=[N+]2C)C3(C)C)C=CC(C)(C)C=C1. The monoisotopic (exact) mass is 318 g/mol. The van der Waals surface area contributed by atoms with Crippen molar-refractivity contribution in [1.29, 1.82) is 0 Å². The van der Waals surface area contributed by atoms with Crippen molar-refractivity contribution in [2.45, 2.75) is 34.6 Å². The number of hydrogen-bond donors (Lipinski definition) is 0. The summed E-state index contributed by atoms with van der Waals surface area (Å²) in [6.07, 6.45) is 22.5. The fourth-order valence-electron chi connectivity index (χ4n) is 3.33. The van der Waals surface area contributed by atoms with E-state index in [1.54, 1.807) is 0 Å². The van der Waals surface area contributed by atoms with Gasteiger partial charge in [-0.15, -0.1) is 0 Å². The fourth-order valence-corrected chi connectivity index (χ4v) is 3.33. The molecule has 0 atom stereocenters. The molecule has 1 nitrogen and oxygen atoms in total. The number of hydrogen-bond acceptors (Lipinski definition) is 0. The van der Waals surface area contributed by atoms with Gasteiger partial charge < -0.3 is 0 Å². The molecule has 0 fully saturated rings. The van der Waals surface area contributed by atoms with Gasteiger partial charge in [0.1, 0.15) is 7.05 Å². The zero-order chi connectivity index (χ0) is 17.5. The Morgan fingerprint density at radius 1 is 0.875 bits per heavy atom. The van der Waals surface area contributed by atoms with Gasteiger partial charge in [0.2, 0.25) is 5.70 Å².